The van der Waals surface area contributed by atoms with Crippen LogP contribution in [0.15, 0.2) is 18.2 Å². The van der Waals surface area contributed by atoms with Gasteiger partial charge in [-0.25, -0.2) is 4.39 Å². The summed E-state index contributed by atoms with van der Waals surface area (Å²) in [7, 11) is 1.37. The van der Waals surface area contributed by atoms with Gasteiger partial charge in [-0.15, -0.1) is 0 Å². The Morgan fingerprint density at radius 1 is 1.39 bits per heavy atom. The van der Waals surface area contributed by atoms with E-state index in [0.29, 0.717) is 5.69 Å². The number of rotatable bonds is 6. The third-order valence-electron chi connectivity index (χ3n) is 2.23. The normalized spacial score (nSPS) is 9.89. The lowest BCUT2D eigenvalue weighted by Gasteiger charge is -2.09. The Morgan fingerprint density at radius 2 is 2.11 bits per heavy atom. The van der Waals surface area contributed by atoms with Gasteiger partial charge in [0.1, 0.15) is 11.6 Å². The number of aliphatic carboxylic acids is 1. The van der Waals surface area contributed by atoms with Crippen LogP contribution >= 0.6 is 0 Å². The lowest BCUT2D eigenvalue weighted by Crippen LogP contribution is -2.12. The summed E-state index contributed by atoms with van der Waals surface area (Å²) in [6, 6.07) is 3.76. The van der Waals surface area contributed by atoms with Gasteiger partial charge >= 0.3 is 5.97 Å². The predicted octanol–water partition coefficient (Wildman–Crippen LogP) is 2.03. The Labute approximate surface area is 104 Å². The summed E-state index contributed by atoms with van der Waals surface area (Å²) < 4.78 is 17.8. The summed E-state index contributed by atoms with van der Waals surface area (Å²) >= 11 is 0. The maximum absolute atomic E-state index is 12.9. The summed E-state index contributed by atoms with van der Waals surface area (Å²) in [5, 5.41) is 11.0. The van der Waals surface area contributed by atoms with Crippen molar-refractivity contribution in [3.8, 4) is 5.75 Å². The van der Waals surface area contributed by atoms with Gasteiger partial charge in [0.2, 0.25) is 5.91 Å². The van der Waals surface area contributed by atoms with E-state index in [0.717, 1.165) is 6.07 Å². The van der Waals surface area contributed by atoms with Crippen molar-refractivity contribution in [3.05, 3.63) is 24.0 Å². The van der Waals surface area contributed by atoms with Crippen LogP contribution in [0.25, 0.3) is 0 Å². The van der Waals surface area contributed by atoms with E-state index < -0.39 is 11.8 Å². The van der Waals surface area contributed by atoms with E-state index in [1.165, 1.54) is 19.2 Å². The molecule has 0 atom stereocenters. The highest BCUT2D eigenvalue weighted by Gasteiger charge is 2.09. The van der Waals surface area contributed by atoms with E-state index in [1.807, 2.05) is 0 Å². The standard InChI is InChI=1S/C12H14FNO4/c1-18-10-7-8(13)5-6-9(10)14-11(15)3-2-4-12(16)17/h5-7H,2-4H2,1H3,(H,14,15)(H,16,17). The van der Waals surface area contributed by atoms with Gasteiger partial charge in [0.15, 0.2) is 0 Å². The van der Waals surface area contributed by atoms with Crippen LogP contribution in [0.3, 0.4) is 0 Å². The molecular formula is C12H14FNO4. The van der Waals surface area contributed by atoms with E-state index in [4.69, 9.17) is 9.84 Å². The van der Waals surface area contributed by atoms with Gasteiger partial charge in [-0.1, -0.05) is 0 Å². The molecule has 0 radical (unpaired) electrons. The first-order valence-corrected chi connectivity index (χ1v) is 5.38. The number of methoxy groups -OCH3 is 1. The molecule has 2 N–H and O–H groups in total. The molecule has 1 amide bonds. The molecule has 0 heterocycles. The molecule has 0 unspecified atom stereocenters. The maximum Gasteiger partial charge on any atom is 0.303 e. The van der Waals surface area contributed by atoms with Crippen molar-refractivity contribution in [1.82, 2.24) is 0 Å². The Morgan fingerprint density at radius 3 is 2.72 bits per heavy atom. The summed E-state index contributed by atoms with van der Waals surface area (Å²) in [4.78, 5) is 21.8. The smallest absolute Gasteiger partial charge is 0.303 e. The van der Waals surface area contributed by atoms with E-state index in [2.05, 4.69) is 5.32 Å². The predicted molar refractivity (Wildman–Crippen MR) is 63.1 cm³/mol. The SMILES string of the molecule is COc1cc(F)ccc1NC(=O)CCCC(=O)O. The van der Waals surface area contributed by atoms with Crippen molar-refractivity contribution in [2.24, 2.45) is 0 Å². The number of anilines is 1. The van der Waals surface area contributed by atoms with Crippen molar-refractivity contribution in [3.63, 3.8) is 0 Å². The second kappa shape index (κ2) is 6.58. The van der Waals surface area contributed by atoms with E-state index in [9.17, 15) is 14.0 Å². The zero-order chi connectivity index (χ0) is 13.5. The summed E-state index contributed by atoms with van der Waals surface area (Å²) in [5.41, 5.74) is 0.360. The van der Waals surface area contributed by atoms with Gasteiger partial charge in [0.05, 0.1) is 12.8 Å². The summed E-state index contributed by atoms with van der Waals surface area (Å²) in [6.07, 6.45) is 0.283. The number of hydrogen-bond acceptors (Lipinski definition) is 3. The average Bonchev–Trinajstić information content (AvgIpc) is 2.31. The van der Waals surface area contributed by atoms with Gasteiger partial charge < -0.3 is 15.2 Å². The number of nitrogens with one attached hydrogen (secondary N) is 1. The van der Waals surface area contributed by atoms with E-state index in [1.54, 1.807) is 0 Å². The number of carbonyl (C=O) groups is 2. The van der Waals surface area contributed by atoms with Gasteiger partial charge in [-0.05, 0) is 18.6 Å². The van der Waals surface area contributed by atoms with Gasteiger partial charge in [-0.2, -0.15) is 0 Å². The maximum atomic E-state index is 12.9. The zero-order valence-corrected chi connectivity index (χ0v) is 9.90. The number of ether oxygens (including phenoxy) is 1. The second-order valence-electron chi connectivity index (χ2n) is 3.64. The number of amides is 1. The summed E-state index contributed by atoms with van der Waals surface area (Å²) in [6.45, 7) is 0. The fraction of sp³-hybridized carbons (Fsp3) is 0.333. The molecule has 98 valence electrons. The monoisotopic (exact) mass is 255 g/mol. The molecule has 1 aromatic rings. The molecule has 5 nitrogen and oxygen atoms in total. The largest absolute Gasteiger partial charge is 0.494 e. The molecule has 0 aliphatic rings. The molecule has 0 saturated carbocycles. The Hall–Kier alpha value is -2.11. The van der Waals surface area contributed by atoms with Crippen LogP contribution in [0.1, 0.15) is 19.3 Å². The van der Waals surface area contributed by atoms with Crippen LogP contribution in [0, 0.1) is 5.82 Å². The van der Waals surface area contributed by atoms with Crippen molar-refractivity contribution in [1.29, 1.82) is 0 Å². The molecule has 1 aromatic carbocycles. The molecule has 18 heavy (non-hydrogen) atoms. The molecular weight excluding hydrogens is 241 g/mol. The molecule has 6 heteroatoms. The molecule has 0 spiro atoms. The number of benzene rings is 1. The van der Waals surface area contributed by atoms with Crippen LogP contribution in [0.5, 0.6) is 5.75 Å². The molecule has 0 bridgehead atoms. The second-order valence-corrected chi connectivity index (χ2v) is 3.64. The molecule has 1 rings (SSSR count). The number of carbonyl (C=O) groups excluding carboxylic acids is 1. The lowest BCUT2D eigenvalue weighted by molar-refractivity contribution is -0.137. The third kappa shape index (κ3) is 4.40. The van der Waals surface area contributed by atoms with Crippen molar-refractivity contribution in [2.75, 3.05) is 12.4 Å². The average molecular weight is 255 g/mol. The van der Waals surface area contributed by atoms with Crippen molar-refractivity contribution >= 4 is 17.6 Å². The number of carboxylic acids is 1. The van der Waals surface area contributed by atoms with E-state index in [-0.39, 0.29) is 30.9 Å². The molecule has 0 saturated heterocycles. The minimum Gasteiger partial charge on any atom is -0.494 e. The van der Waals surface area contributed by atoms with Crippen molar-refractivity contribution < 1.29 is 23.8 Å². The van der Waals surface area contributed by atoms with Crippen LogP contribution in [0.2, 0.25) is 0 Å². The Bertz CT molecular complexity index is 448. The number of carboxylic acid groups (broad SMARTS) is 1. The lowest BCUT2D eigenvalue weighted by atomic mass is 10.2. The minimum atomic E-state index is -0.942. The highest BCUT2D eigenvalue weighted by atomic mass is 19.1. The van der Waals surface area contributed by atoms with Gasteiger partial charge in [-0.3, -0.25) is 9.59 Å². The van der Waals surface area contributed by atoms with E-state index >= 15 is 0 Å². The first-order valence-electron chi connectivity index (χ1n) is 5.38. The van der Waals surface area contributed by atoms with Gasteiger partial charge in [0, 0.05) is 18.9 Å². The molecule has 0 aliphatic carbocycles. The fourth-order valence-electron chi connectivity index (χ4n) is 1.38. The molecule has 0 aliphatic heterocycles. The minimum absolute atomic E-state index is 0.0615. The Kier molecular flexibility index (Phi) is 5.10. The summed E-state index contributed by atoms with van der Waals surface area (Å²) in [5.74, 6) is -1.51. The topological polar surface area (TPSA) is 75.6 Å². The number of hydrogen-bond donors (Lipinski definition) is 2. The molecule has 0 fully saturated rings. The van der Waals surface area contributed by atoms with Gasteiger partial charge in [0.25, 0.3) is 0 Å². The zero-order valence-electron chi connectivity index (χ0n) is 9.90. The highest BCUT2D eigenvalue weighted by Crippen LogP contribution is 2.25. The molecule has 0 aromatic heterocycles. The highest BCUT2D eigenvalue weighted by molar-refractivity contribution is 5.92. The van der Waals surface area contributed by atoms with Crippen molar-refractivity contribution in [2.45, 2.75) is 19.3 Å². The first kappa shape index (κ1) is 14.0. The van der Waals surface area contributed by atoms with Crippen LogP contribution in [0.4, 0.5) is 10.1 Å². The van der Waals surface area contributed by atoms with Crippen LogP contribution in [-0.4, -0.2) is 24.1 Å². The van der Waals surface area contributed by atoms with Crippen LogP contribution in [-0.2, 0) is 9.59 Å². The first-order chi connectivity index (χ1) is 8.52. The fourth-order valence-corrected chi connectivity index (χ4v) is 1.38. The number of halogens is 1. The third-order valence-corrected chi connectivity index (χ3v) is 2.23. The quantitative estimate of drug-likeness (QED) is 0.815. The van der Waals surface area contributed by atoms with Crippen LogP contribution < -0.4 is 10.1 Å². The Balaban J connectivity index is 2.56.